The molecule has 1 aliphatic heterocycles. The second kappa shape index (κ2) is 12.2. The lowest BCUT2D eigenvalue weighted by Gasteiger charge is -2.33. The molecule has 170 valence electrons. The lowest BCUT2D eigenvalue weighted by molar-refractivity contribution is -0.0180. The van der Waals surface area contributed by atoms with E-state index in [1.54, 1.807) is 0 Å². The predicted octanol–water partition coefficient (Wildman–Crippen LogP) is 2.75. The smallest absolute Gasteiger partial charge is 0.191 e. The van der Waals surface area contributed by atoms with Gasteiger partial charge in [-0.25, -0.2) is 0 Å². The van der Waals surface area contributed by atoms with Gasteiger partial charge < -0.3 is 20.5 Å². The van der Waals surface area contributed by atoms with Gasteiger partial charge in [0.15, 0.2) is 5.96 Å². The molecule has 2 fully saturated rings. The number of guanidine groups is 1. The zero-order valence-electron chi connectivity index (χ0n) is 18.5. The lowest BCUT2D eigenvalue weighted by Crippen LogP contribution is -2.49. The number of ether oxygens (including phenoxy) is 1. The van der Waals surface area contributed by atoms with Crippen LogP contribution in [0.4, 0.5) is 0 Å². The van der Waals surface area contributed by atoms with Gasteiger partial charge in [0.1, 0.15) is 0 Å². The molecule has 30 heavy (non-hydrogen) atoms. The molecule has 1 saturated carbocycles. The van der Waals surface area contributed by atoms with Crippen molar-refractivity contribution in [3.63, 3.8) is 0 Å². The fraction of sp³-hybridized carbons (Fsp3) is 0.696. The summed E-state index contributed by atoms with van der Waals surface area (Å²) in [6, 6.07) is 10.9. The number of β-amino-alcohol motifs (C(OH)–C–C–N with tert-alkyl or cyclic N) is 1. The van der Waals surface area contributed by atoms with Crippen molar-refractivity contribution < 1.29 is 9.84 Å². The molecular weight excluding hydrogens is 491 g/mol. The number of hydrogen-bond donors (Lipinski definition) is 3. The largest absolute Gasteiger partial charge is 0.387 e. The van der Waals surface area contributed by atoms with Crippen molar-refractivity contribution in [2.24, 2.45) is 4.99 Å². The van der Waals surface area contributed by atoms with Crippen LogP contribution < -0.4 is 10.6 Å². The number of nitrogens with one attached hydrogen (secondary N) is 2. The van der Waals surface area contributed by atoms with Crippen molar-refractivity contribution in [1.82, 2.24) is 15.5 Å². The Kier molecular flexibility index (Phi) is 10.3. The van der Waals surface area contributed by atoms with Crippen molar-refractivity contribution in [3.8, 4) is 0 Å². The van der Waals surface area contributed by atoms with E-state index in [1.165, 1.54) is 31.2 Å². The highest BCUT2D eigenvalue weighted by molar-refractivity contribution is 14.0. The molecule has 1 atom stereocenters. The van der Waals surface area contributed by atoms with Crippen molar-refractivity contribution in [2.45, 2.75) is 50.5 Å². The number of rotatable bonds is 8. The van der Waals surface area contributed by atoms with Crippen molar-refractivity contribution >= 4 is 29.9 Å². The third-order valence-corrected chi connectivity index (χ3v) is 6.13. The van der Waals surface area contributed by atoms with E-state index >= 15 is 0 Å². The Bertz CT molecular complexity index is 642. The molecule has 1 saturated heterocycles. The van der Waals surface area contributed by atoms with Gasteiger partial charge in [0.25, 0.3) is 0 Å². The summed E-state index contributed by atoms with van der Waals surface area (Å²) in [6.45, 7) is 9.84. The number of aliphatic imine (C=N–C) groups is 1. The summed E-state index contributed by atoms with van der Waals surface area (Å²) in [6.07, 6.45) is 4.97. The second-order valence-corrected chi connectivity index (χ2v) is 8.79. The molecule has 3 N–H and O–H groups in total. The monoisotopic (exact) mass is 530 g/mol. The summed E-state index contributed by atoms with van der Waals surface area (Å²) in [5.74, 6) is 0.789. The maximum atomic E-state index is 10.8. The highest BCUT2D eigenvalue weighted by atomic mass is 127. The quantitative estimate of drug-likeness (QED) is 0.274. The van der Waals surface area contributed by atoms with Crippen LogP contribution in [0.15, 0.2) is 35.3 Å². The molecule has 1 aromatic rings. The topological polar surface area (TPSA) is 69.1 Å². The summed E-state index contributed by atoms with van der Waals surface area (Å²) in [4.78, 5) is 6.98. The third kappa shape index (κ3) is 7.35. The van der Waals surface area contributed by atoms with Gasteiger partial charge in [0.05, 0.1) is 25.4 Å². The molecule has 0 aromatic heterocycles. The average molecular weight is 530 g/mol. The zero-order valence-corrected chi connectivity index (χ0v) is 20.9. The van der Waals surface area contributed by atoms with Crippen LogP contribution >= 0.6 is 24.0 Å². The van der Waals surface area contributed by atoms with Crippen LogP contribution in [0.3, 0.4) is 0 Å². The molecule has 0 spiro atoms. The maximum absolute atomic E-state index is 10.8. The van der Waals surface area contributed by atoms with E-state index in [-0.39, 0.29) is 29.4 Å². The minimum atomic E-state index is -0.857. The van der Waals surface area contributed by atoms with Crippen LogP contribution in [0.25, 0.3) is 0 Å². The Balaban J connectivity index is 0.00000320. The van der Waals surface area contributed by atoms with E-state index in [1.807, 2.05) is 6.92 Å². The zero-order chi connectivity index (χ0) is 20.6. The standard InChI is InChI=1S/C23H38N4O2.HI/c1-3-24-21(25-17-22(2,28)19-27-13-15-29-16-14-27)26-18-23(11-7-8-12-23)20-9-5-4-6-10-20;/h4-6,9-10,28H,3,7-8,11-19H2,1-2H3,(H2,24,25,26);1H. The first-order valence-electron chi connectivity index (χ1n) is 11.1. The first kappa shape index (κ1) is 25.4. The molecule has 7 heteroatoms. The third-order valence-electron chi connectivity index (χ3n) is 6.13. The minimum absolute atomic E-state index is 0. The molecule has 3 rings (SSSR count). The normalized spacial score (nSPS) is 21.5. The van der Waals surface area contributed by atoms with Crippen LogP contribution in [0, 0.1) is 0 Å². The highest BCUT2D eigenvalue weighted by Crippen LogP contribution is 2.40. The average Bonchev–Trinajstić information content (AvgIpc) is 3.21. The fourth-order valence-corrected chi connectivity index (χ4v) is 4.55. The molecule has 6 nitrogen and oxygen atoms in total. The predicted molar refractivity (Wildman–Crippen MR) is 134 cm³/mol. The van der Waals surface area contributed by atoms with Crippen LogP contribution in [-0.4, -0.2) is 74.0 Å². The van der Waals surface area contributed by atoms with E-state index < -0.39 is 5.60 Å². The Morgan fingerprint density at radius 3 is 2.47 bits per heavy atom. The summed E-state index contributed by atoms with van der Waals surface area (Å²) in [5, 5.41) is 17.8. The van der Waals surface area contributed by atoms with E-state index in [0.29, 0.717) is 13.1 Å². The van der Waals surface area contributed by atoms with Gasteiger partial charge in [-0.3, -0.25) is 9.89 Å². The first-order chi connectivity index (χ1) is 14.0. The first-order valence-corrected chi connectivity index (χ1v) is 11.1. The van der Waals surface area contributed by atoms with Crippen LogP contribution in [-0.2, 0) is 10.2 Å². The minimum Gasteiger partial charge on any atom is -0.387 e. The molecule has 1 aliphatic carbocycles. The van der Waals surface area contributed by atoms with Gasteiger partial charge in [-0.15, -0.1) is 24.0 Å². The van der Waals surface area contributed by atoms with Gasteiger partial charge in [-0.2, -0.15) is 0 Å². The molecule has 0 radical (unpaired) electrons. The second-order valence-electron chi connectivity index (χ2n) is 8.79. The van der Waals surface area contributed by atoms with Gasteiger partial charge in [-0.05, 0) is 32.3 Å². The molecule has 2 aliphatic rings. The van der Waals surface area contributed by atoms with Gasteiger partial charge in [0, 0.05) is 38.1 Å². The van der Waals surface area contributed by atoms with Crippen LogP contribution in [0.5, 0.6) is 0 Å². The van der Waals surface area contributed by atoms with Crippen LogP contribution in [0.2, 0.25) is 0 Å². The van der Waals surface area contributed by atoms with Crippen molar-refractivity contribution in [3.05, 3.63) is 35.9 Å². The van der Waals surface area contributed by atoms with E-state index in [0.717, 1.165) is 45.4 Å². The van der Waals surface area contributed by atoms with Crippen LogP contribution in [0.1, 0.15) is 45.1 Å². The number of hydrogen-bond acceptors (Lipinski definition) is 4. The Morgan fingerprint density at radius 1 is 1.17 bits per heavy atom. The highest BCUT2D eigenvalue weighted by Gasteiger charge is 2.35. The summed E-state index contributed by atoms with van der Waals surface area (Å²) >= 11 is 0. The Morgan fingerprint density at radius 2 is 1.83 bits per heavy atom. The molecule has 1 aromatic carbocycles. The number of morpholine rings is 1. The van der Waals surface area contributed by atoms with E-state index in [2.05, 4.69) is 52.8 Å². The van der Waals surface area contributed by atoms with Gasteiger partial charge in [0.2, 0.25) is 0 Å². The van der Waals surface area contributed by atoms with Crippen molar-refractivity contribution in [1.29, 1.82) is 0 Å². The summed E-state index contributed by atoms with van der Waals surface area (Å²) < 4.78 is 5.40. The van der Waals surface area contributed by atoms with Gasteiger partial charge >= 0.3 is 0 Å². The molecule has 1 heterocycles. The Labute approximate surface area is 198 Å². The molecule has 0 bridgehead atoms. The van der Waals surface area contributed by atoms with E-state index in [9.17, 15) is 5.11 Å². The molecule has 0 amide bonds. The summed E-state index contributed by atoms with van der Waals surface area (Å²) in [5.41, 5.74) is 0.734. The number of benzene rings is 1. The van der Waals surface area contributed by atoms with Gasteiger partial charge in [-0.1, -0.05) is 43.2 Å². The summed E-state index contributed by atoms with van der Waals surface area (Å²) in [7, 11) is 0. The van der Waals surface area contributed by atoms with E-state index in [4.69, 9.17) is 9.73 Å². The fourth-order valence-electron chi connectivity index (χ4n) is 4.55. The Hall–Kier alpha value is -0.900. The number of halogens is 1. The molecule has 1 unspecified atom stereocenters. The SMILES string of the molecule is CCNC(=NCC(C)(O)CN1CCOCC1)NCC1(c2ccccc2)CCCC1.I. The number of nitrogens with zero attached hydrogens (tertiary/aromatic N) is 2. The number of aliphatic hydroxyl groups is 1. The van der Waals surface area contributed by atoms with Crippen molar-refractivity contribution in [2.75, 3.05) is 52.5 Å². The molecular formula is C23H39IN4O2. The maximum Gasteiger partial charge on any atom is 0.191 e. The lowest BCUT2D eigenvalue weighted by atomic mass is 9.79.